The molecule has 2 aromatic rings. The van der Waals surface area contributed by atoms with Crippen molar-refractivity contribution in [1.82, 2.24) is 10.2 Å². The van der Waals surface area contributed by atoms with E-state index in [2.05, 4.69) is 34.5 Å². The van der Waals surface area contributed by atoms with Gasteiger partial charge < -0.3 is 11.1 Å². The number of nitrogens with one attached hydrogen (secondary N) is 1. The summed E-state index contributed by atoms with van der Waals surface area (Å²) in [5.41, 5.74) is 10.5. The van der Waals surface area contributed by atoms with Crippen LogP contribution in [0.1, 0.15) is 54.0 Å². The van der Waals surface area contributed by atoms with Gasteiger partial charge in [0.1, 0.15) is 6.04 Å². The number of aryl methyl sites for hydroxylation is 1. The normalized spacial score (nSPS) is 15.4. The Bertz CT molecular complexity index is 727. The van der Waals surface area contributed by atoms with Gasteiger partial charge in [-0.3, -0.25) is 9.69 Å². The summed E-state index contributed by atoms with van der Waals surface area (Å²) in [6.07, 6.45) is 5.34. The SMILES string of the molecule is Cc1ccc(C(N)C(=O)NCc2ccc(CN3CCCCCC3)cc2)cc1.Cl.Cl. The van der Waals surface area contributed by atoms with Gasteiger partial charge in [0.05, 0.1) is 0 Å². The first kappa shape index (κ1) is 25.4. The molecular weight excluding hydrogens is 405 g/mol. The van der Waals surface area contributed by atoms with Crippen LogP contribution in [0.15, 0.2) is 48.5 Å². The molecule has 2 aromatic carbocycles. The molecule has 0 radical (unpaired) electrons. The molecule has 0 aromatic heterocycles. The molecule has 0 spiro atoms. The molecule has 1 fully saturated rings. The Labute approximate surface area is 187 Å². The van der Waals surface area contributed by atoms with Crippen LogP contribution in [0.5, 0.6) is 0 Å². The number of amides is 1. The first-order valence-corrected chi connectivity index (χ1v) is 10.0. The summed E-state index contributed by atoms with van der Waals surface area (Å²) < 4.78 is 0. The van der Waals surface area contributed by atoms with E-state index in [0.29, 0.717) is 6.54 Å². The zero-order valence-electron chi connectivity index (χ0n) is 17.1. The third kappa shape index (κ3) is 7.98. The summed E-state index contributed by atoms with van der Waals surface area (Å²) in [5.74, 6) is -0.146. The number of benzene rings is 2. The molecule has 29 heavy (non-hydrogen) atoms. The molecule has 1 aliphatic rings. The molecule has 3 N–H and O–H groups in total. The number of likely N-dealkylation sites (tertiary alicyclic amines) is 1. The number of carbonyl (C=O) groups is 1. The van der Waals surface area contributed by atoms with E-state index in [0.717, 1.165) is 23.2 Å². The average molecular weight is 438 g/mol. The van der Waals surface area contributed by atoms with Crippen LogP contribution in [0.25, 0.3) is 0 Å². The molecule has 1 unspecified atom stereocenters. The number of hydrogen-bond donors (Lipinski definition) is 2. The van der Waals surface area contributed by atoms with Crippen molar-refractivity contribution >= 4 is 30.7 Å². The van der Waals surface area contributed by atoms with Crippen molar-refractivity contribution in [3.05, 3.63) is 70.8 Å². The lowest BCUT2D eigenvalue weighted by Gasteiger charge is -2.20. The van der Waals surface area contributed by atoms with Gasteiger partial charge in [0.25, 0.3) is 0 Å². The molecule has 3 rings (SSSR count). The molecule has 1 atom stereocenters. The highest BCUT2D eigenvalue weighted by atomic mass is 35.5. The second-order valence-electron chi connectivity index (χ2n) is 7.61. The van der Waals surface area contributed by atoms with Crippen LogP contribution < -0.4 is 11.1 Å². The first-order valence-electron chi connectivity index (χ1n) is 10.0. The summed E-state index contributed by atoms with van der Waals surface area (Å²) >= 11 is 0. The Morgan fingerprint density at radius 1 is 0.931 bits per heavy atom. The maximum atomic E-state index is 12.3. The molecule has 1 aliphatic heterocycles. The van der Waals surface area contributed by atoms with Gasteiger partial charge in [0.15, 0.2) is 0 Å². The number of nitrogens with zero attached hydrogens (tertiary/aromatic N) is 1. The van der Waals surface area contributed by atoms with Crippen LogP contribution in [-0.4, -0.2) is 23.9 Å². The fourth-order valence-corrected chi connectivity index (χ4v) is 3.54. The van der Waals surface area contributed by atoms with E-state index < -0.39 is 6.04 Å². The van der Waals surface area contributed by atoms with Crippen molar-refractivity contribution in [3.8, 4) is 0 Å². The highest BCUT2D eigenvalue weighted by molar-refractivity contribution is 5.85. The number of halogens is 2. The summed E-state index contributed by atoms with van der Waals surface area (Å²) in [6, 6.07) is 15.7. The number of hydrogen-bond acceptors (Lipinski definition) is 3. The van der Waals surface area contributed by atoms with Crippen LogP contribution in [0.4, 0.5) is 0 Å². The van der Waals surface area contributed by atoms with E-state index in [1.165, 1.54) is 44.3 Å². The lowest BCUT2D eigenvalue weighted by atomic mass is 10.1. The van der Waals surface area contributed by atoms with Gasteiger partial charge in [-0.05, 0) is 49.5 Å². The van der Waals surface area contributed by atoms with Crippen molar-refractivity contribution in [1.29, 1.82) is 0 Å². The average Bonchev–Trinajstić information content (AvgIpc) is 2.96. The van der Waals surface area contributed by atoms with Gasteiger partial charge in [0.2, 0.25) is 5.91 Å². The van der Waals surface area contributed by atoms with Gasteiger partial charge in [-0.2, -0.15) is 0 Å². The van der Waals surface area contributed by atoms with Crippen LogP contribution in [0, 0.1) is 6.92 Å². The number of carbonyl (C=O) groups excluding carboxylic acids is 1. The molecule has 1 saturated heterocycles. The van der Waals surface area contributed by atoms with Crippen LogP contribution in [-0.2, 0) is 17.9 Å². The van der Waals surface area contributed by atoms with Crippen molar-refractivity contribution in [2.45, 2.75) is 51.7 Å². The predicted molar refractivity (Wildman–Crippen MR) is 125 cm³/mol. The predicted octanol–water partition coefficient (Wildman–Crippen LogP) is 4.53. The first-order chi connectivity index (χ1) is 13.1. The summed E-state index contributed by atoms with van der Waals surface area (Å²) in [4.78, 5) is 14.9. The Balaban J connectivity index is 0.00000210. The highest BCUT2D eigenvalue weighted by Gasteiger charge is 2.15. The van der Waals surface area contributed by atoms with Crippen LogP contribution in [0.3, 0.4) is 0 Å². The fraction of sp³-hybridized carbons (Fsp3) is 0.435. The summed E-state index contributed by atoms with van der Waals surface area (Å²) in [6.45, 7) is 5.95. The molecule has 160 valence electrons. The Kier molecular flexibility index (Phi) is 11.3. The third-order valence-corrected chi connectivity index (χ3v) is 5.31. The van der Waals surface area contributed by atoms with Gasteiger partial charge in [0, 0.05) is 13.1 Å². The lowest BCUT2D eigenvalue weighted by Crippen LogP contribution is -2.33. The van der Waals surface area contributed by atoms with Crippen LogP contribution in [0.2, 0.25) is 0 Å². The van der Waals surface area contributed by atoms with E-state index >= 15 is 0 Å². The summed E-state index contributed by atoms with van der Waals surface area (Å²) in [5, 5.41) is 2.95. The topological polar surface area (TPSA) is 58.4 Å². The van der Waals surface area contributed by atoms with Gasteiger partial charge in [-0.15, -0.1) is 24.8 Å². The van der Waals surface area contributed by atoms with Crippen molar-refractivity contribution in [3.63, 3.8) is 0 Å². The Morgan fingerprint density at radius 3 is 2.07 bits per heavy atom. The van der Waals surface area contributed by atoms with Gasteiger partial charge in [-0.25, -0.2) is 0 Å². The maximum Gasteiger partial charge on any atom is 0.241 e. The second kappa shape index (κ2) is 12.9. The number of rotatable bonds is 6. The smallest absolute Gasteiger partial charge is 0.241 e. The molecule has 4 nitrogen and oxygen atoms in total. The zero-order chi connectivity index (χ0) is 19.1. The minimum absolute atomic E-state index is 0. The molecule has 0 saturated carbocycles. The minimum atomic E-state index is -0.632. The molecule has 1 amide bonds. The Hall–Kier alpha value is -1.59. The molecule has 0 bridgehead atoms. The summed E-state index contributed by atoms with van der Waals surface area (Å²) in [7, 11) is 0. The largest absolute Gasteiger partial charge is 0.350 e. The fourth-order valence-electron chi connectivity index (χ4n) is 3.54. The standard InChI is InChI=1S/C23H31N3O.2ClH/c1-18-6-12-21(13-7-18)22(24)23(27)25-16-19-8-10-20(11-9-19)17-26-14-4-2-3-5-15-26;;/h6-13,22H,2-5,14-17,24H2,1H3,(H,25,27);2*1H. The lowest BCUT2D eigenvalue weighted by molar-refractivity contribution is -0.122. The molecule has 6 heteroatoms. The molecule has 0 aliphatic carbocycles. The maximum absolute atomic E-state index is 12.3. The minimum Gasteiger partial charge on any atom is -0.350 e. The highest BCUT2D eigenvalue weighted by Crippen LogP contribution is 2.15. The third-order valence-electron chi connectivity index (χ3n) is 5.31. The van der Waals surface area contributed by atoms with Gasteiger partial charge >= 0.3 is 0 Å². The molecular formula is C23H33Cl2N3O. The van der Waals surface area contributed by atoms with Crippen LogP contribution >= 0.6 is 24.8 Å². The quantitative estimate of drug-likeness (QED) is 0.697. The van der Waals surface area contributed by atoms with Gasteiger partial charge in [-0.1, -0.05) is 66.9 Å². The second-order valence-corrected chi connectivity index (χ2v) is 7.61. The monoisotopic (exact) mass is 437 g/mol. The van der Waals surface area contributed by atoms with E-state index in [9.17, 15) is 4.79 Å². The molecule has 1 heterocycles. The Morgan fingerprint density at radius 2 is 1.48 bits per heavy atom. The van der Waals surface area contributed by atoms with Crippen molar-refractivity contribution in [2.24, 2.45) is 5.73 Å². The van der Waals surface area contributed by atoms with E-state index in [1.807, 2.05) is 31.2 Å². The van der Waals surface area contributed by atoms with Crippen molar-refractivity contribution in [2.75, 3.05) is 13.1 Å². The van der Waals surface area contributed by atoms with Crippen molar-refractivity contribution < 1.29 is 4.79 Å². The van der Waals surface area contributed by atoms with E-state index in [4.69, 9.17) is 5.73 Å². The van der Waals surface area contributed by atoms with E-state index in [-0.39, 0.29) is 30.7 Å². The zero-order valence-corrected chi connectivity index (χ0v) is 18.7. The van der Waals surface area contributed by atoms with E-state index in [1.54, 1.807) is 0 Å². The number of nitrogens with two attached hydrogens (primary N) is 1.